The maximum absolute atomic E-state index is 15.3. The van der Waals surface area contributed by atoms with Gasteiger partial charge in [-0.25, -0.2) is 8.78 Å². The van der Waals surface area contributed by atoms with Crippen molar-refractivity contribution in [3.63, 3.8) is 0 Å². The number of carbonyl (C=O) groups excluding carboxylic acids is 2. The number of hydrogen-bond acceptors (Lipinski definition) is 6. The van der Waals surface area contributed by atoms with E-state index >= 15 is 8.78 Å². The molecule has 10 heteroatoms. The van der Waals surface area contributed by atoms with Gasteiger partial charge in [-0.3, -0.25) is 9.59 Å². The summed E-state index contributed by atoms with van der Waals surface area (Å²) in [5, 5.41) is 6.86. The molecular weight excluding hydrogens is 552 g/mol. The molecule has 0 saturated heterocycles. The lowest BCUT2D eigenvalue weighted by Crippen LogP contribution is -2.38. The lowest BCUT2D eigenvalue weighted by molar-refractivity contribution is -0.134. The molecule has 41 heavy (non-hydrogen) atoms. The van der Waals surface area contributed by atoms with E-state index in [-0.39, 0.29) is 41.3 Å². The second kappa shape index (κ2) is 12.1. The van der Waals surface area contributed by atoms with Crippen LogP contribution in [0.2, 0.25) is 5.02 Å². The van der Waals surface area contributed by atoms with E-state index in [1.54, 1.807) is 30.3 Å². The Labute approximate surface area is 238 Å². The summed E-state index contributed by atoms with van der Waals surface area (Å²) in [5.74, 6) is -1.89. The van der Waals surface area contributed by atoms with Gasteiger partial charge in [-0.1, -0.05) is 64.8 Å². The van der Waals surface area contributed by atoms with Gasteiger partial charge in [0, 0.05) is 22.6 Å². The van der Waals surface area contributed by atoms with Gasteiger partial charge in [-0.2, -0.15) is 4.98 Å². The zero-order valence-electron chi connectivity index (χ0n) is 21.6. The van der Waals surface area contributed by atoms with Crippen molar-refractivity contribution in [3.8, 4) is 34.0 Å². The molecule has 206 valence electrons. The number of amides is 1. The van der Waals surface area contributed by atoms with Crippen LogP contribution in [-0.4, -0.2) is 28.7 Å². The molecule has 5 aromatic rings. The Morgan fingerprint density at radius 3 is 2.44 bits per heavy atom. The first-order chi connectivity index (χ1) is 19.8. The van der Waals surface area contributed by atoms with E-state index in [2.05, 4.69) is 15.5 Å². The average molecular weight is 574 g/mol. The Morgan fingerprint density at radius 1 is 1.00 bits per heavy atom. The van der Waals surface area contributed by atoms with Crippen LogP contribution < -0.4 is 5.32 Å². The Morgan fingerprint density at radius 2 is 1.73 bits per heavy atom. The van der Waals surface area contributed by atoms with E-state index in [4.69, 9.17) is 20.9 Å². The Hall–Kier alpha value is -4.89. The maximum Gasteiger partial charge on any atom is 0.295 e. The summed E-state index contributed by atoms with van der Waals surface area (Å²) < 4.78 is 40.7. The molecule has 7 nitrogen and oxygen atoms in total. The number of nitrogens with zero attached hydrogens (tertiary/aromatic N) is 2. The number of hydrogen-bond donors (Lipinski definition) is 1. The minimum absolute atomic E-state index is 0.0645. The number of aromatic nitrogens is 2. The molecule has 0 aliphatic heterocycles. The van der Waals surface area contributed by atoms with E-state index in [1.807, 2.05) is 31.2 Å². The van der Waals surface area contributed by atoms with Crippen LogP contribution in [0.3, 0.4) is 0 Å². The second-order valence-electron chi connectivity index (χ2n) is 9.18. The number of carbonyl (C=O) groups is 2. The SMILES string of the molecule is Cc1ccc(-c2nc(-c3ccc(CC(NC(=O)c4cccc(-c5ccc(Cl)cc5)c4F)OC=O)cc3F)no2)cc1. The fourth-order valence-corrected chi connectivity index (χ4v) is 4.34. The minimum atomic E-state index is -1.19. The molecule has 0 fully saturated rings. The van der Waals surface area contributed by atoms with Gasteiger partial charge >= 0.3 is 0 Å². The Balaban J connectivity index is 1.31. The van der Waals surface area contributed by atoms with Crippen LogP contribution in [0.15, 0.2) is 89.5 Å². The van der Waals surface area contributed by atoms with Crippen LogP contribution >= 0.6 is 11.6 Å². The van der Waals surface area contributed by atoms with E-state index in [1.165, 1.54) is 30.3 Å². The van der Waals surface area contributed by atoms with Crippen molar-refractivity contribution >= 4 is 24.0 Å². The molecule has 0 spiro atoms. The second-order valence-corrected chi connectivity index (χ2v) is 9.61. The van der Waals surface area contributed by atoms with Crippen molar-refractivity contribution in [1.82, 2.24) is 15.5 Å². The molecule has 4 aromatic carbocycles. The summed E-state index contributed by atoms with van der Waals surface area (Å²) in [6.07, 6.45) is -1.27. The predicted molar refractivity (Wildman–Crippen MR) is 149 cm³/mol. The summed E-state index contributed by atoms with van der Waals surface area (Å²) >= 11 is 5.92. The lowest BCUT2D eigenvalue weighted by Gasteiger charge is -2.18. The number of benzene rings is 4. The monoisotopic (exact) mass is 573 g/mol. The first-order valence-electron chi connectivity index (χ1n) is 12.5. The van der Waals surface area contributed by atoms with Gasteiger partial charge in [0.2, 0.25) is 5.82 Å². The molecule has 1 amide bonds. The van der Waals surface area contributed by atoms with Crippen LogP contribution in [0, 0.1) is 18.6 Å². The van der Waals surface area contributed by atoms with Crippen molar-refractivity contribution in [2.24, 2.45) is 0 Å². The summed E-state index contributed by atoms with van der Waals surface area (Å²) in [6.45, 7) is 2.11. The number of ether oxygens (including phenoxy) is 1. The van der Waals surface area contributed by atoms with Gasteiger partial charge in [0.15, 0.2) is 6.23 Å². The van der Waals surface area contributed by atoms with Crippen LogP contribution in [0.5, 0.6) is 0 Å². The highest BCUT2D eigenvalue weighted by atomic mass is 35.5. The molecule has 0 saturated carbocycles. The molecular formula is C31H22ClF2N3O4. The zero-order chi connectivity index (χ0) is 28.9. The van der Waals surface area contributed by atoms with Crippen molar-refractivity contribution in [2.45, 2.75) is 19.6 Å². The minimum Gasteiger partial charge on any atom is -0.444 e. The standard InChI is InChI=1S/C31H22ClF2N3O4/c1-18-5-8-21(9-6-18)31-36-29(37-41-31)24-14-7-19(15-26(24)33)16-27(40-17-38)35-30(39)25-4-2-3-23(28(25)34)20-10-12-22(32)13-11-20/h2-15,17,27H,16H2,1H3,(H,35,39). The smallest absolute Gasteiger partial charge is 0.295 e. The van der Waals surface area contributed by atoms with Gasteiger partial charge in [-0.05, 0) is 60.5 Å². The van der Waals surface area contributed by atoms with Crippen LogP contribution in [0.1, 0.15) is 21.5 Å². The third kappa shape index (κ3) is 6.31. The average Bonchev–Trinajstić information content (AvgIpc) is 3.44. The molecule has 5 rings (SSSR count). The van der Waals surface area contributed by atoms with Crippen molar-refractivity contribution < 1.29 is 27.6 Å². The van der Waals surface area contributed by atoms with E-state index < -0.39 is 23.8 Å². The molecule has 1 heterocycles. The third-order valence-electron chi connectivity index (χ3n) is 6.33. The highest BCUT2D eigenvalue weighted by Crippen LogP contribution is 2.27. The Kier molecular flexibility index (Phi) is 8.16. The Bertz CT molecular complexity index is 1710. The van der Waals surface area contributed by atoms with Gasteiger partial charge in [0.1, 0.15) is 11.6 Å². The topological polar surface area (TPSA) is 94.3 Å². The molecule has 1 N–H and O–H groups in total. The predicted octanol–water partition coefficient (Wildman–Crippen LogP) is 6.78. The number of halogens is 3. The maximum atomic E-state index is 15.3. The number of nitrogens with one attached hydrogen (secondary N) is 1. The molecule has 0 radical (unpaired) electrons. The summed E-state index contributed by atoms with van der Waals surface area (Å²) in [4.78, 5) is 28.4. The van der Waals surface area contributed by atoms with E-state index in [0.29, 0.717) is 21.7 Å². The van der Waals surface area contributed by atoms with Crippen molar-refractivity contribution in [3.05, 3.63) is 118 Å². The normalized spacial score (nSPS) is 11.6. The van der Waals surface area contributed by atoms with E-state index in [0.717, 1.165) is 5.56 Å². The summed E-state index contributed by atoms with van der Waals surface area (Å²) in [7, 11) is 0. The summed E-state index contributed by atoms with van der Waals surface area (Å²) in [5.41, 5.74) is 2.76. The fourth-order valence-electron chi connectivity index (χ4n) is 4.21. The van der Waals surface area contributed by atoms with Gasteiger partial charge in [0.05, 0.1) is 11.1 Å². The molecule has 1 aromatic heterocycles. The summed E-state index contributed by atoms with van der Waals surface area (Å²) in [6, 6.07) is 22.6. The van der Waals surface area contributed by atoms with Crippen LogP contribution in [0.4, 0.5) is 8.78 Å². The molecule has 1 atom stereocenters. The van der Waals surface area contributed by atoms with E-state index in [9.17, 15) is 9.59 Å². The first-order valence-corrected chi connectivity index (χ1v) is 12.8. The molecule has 0 aliphatic carbocycles. The van der Waals surface area contributed by atoms with Crippen LogP contribution in [0.25, 0.3) is 34.0 Å². The highest BCUT2D eigenvalue weighted by Gasteiger charge is 2.21. The first kappa shape index (κ1) is 27.7. The number of aryl methyl sites for hydroxylation is 1. The zero-order valence-corrected chi connectivity index (χ0v) is 22.4. The van der Waals surface area contributed by atoms with Gasteiger partial charge < -0.3 is 14.6 Å². The highest BCUT2D eigenvalue weighted by molar-refractivity contribution is 6.30. The lowest BCUT2D eigenvalue weighted by atomic mass is 10.0. The largest absolute Gasteiger partial charge is 0.444 e. The molecule has 0 bridgehead atoms. The van der Waals surface area contributed by atoms with Gasteiger partial charge in [-0.15, -0.1) is 0 Å². The third-order valence-corrected chi connectivity index (χ3v) is 6.58. The van der Waals surface area contributed by atoms with Crippen molar-refractivity contribution in [1.29, 1.82) is 0 Å². The van der Waals surface area contributed by atoms with Crippen LogP contribution in [-0.2, 0) is 16.0 Å². The number of rotatable bonds is 9. The van der Waals surface area contributed by atoms with Gasteiger partial charge in [0.25, 0.3) is 18.3 Å². The van der Waals surface area contributed by atoms with Crippen molar-refractivity contribution in [2.75, 3.05) is 0 Å². The molecule has 1 unspecified atom stereocenters. The molecule has 0 aliphatic rings. The fraction of sp³-hybridized carbons (Fsp3) is 0.0968. The quantitative estimate of drug-likeness (QED) is 0.154.